The van der Waals surface area contributed by atoms with Crippen LogP contribution in [0.5, 0.6) is 0 Å². The fourth-order valence-corrected chi connectivity index (χ4v) is 3.78. The van der Waals surface area contributed by atoms with Crippen LogP contribution in [0.2, 0.25) is 0 Å². The van der Waals surface area contributed by atoms with Crippen molar-refractivity contribution in [2.45, 2.75) is 13.3 Å². The molecule has 144 valence electrons. The Morgan fingerprint density at radius 2 is 1.43 bits per heavy atom. The molecule has 0 spiro atoms. The molecule has 3 amide bonds. The molecule has 2 aromatic carbocycles. The van der Waals surface area contributed by atoms with Gasteiger partial charge in [0.05, 0.1) is 11.1 Å². The van der Waals surface area contributed by atoms with Gasteiger partial charge in [0.1, 0.15) is 0 Å². The number of aryl methyl sites for hydroxylation is 1. The van der Waals surface area contributed by atoms with E-state index in [1.165, 1.54) is 16.2 Å². The fourth-order valence-electron chi connectivity index (χ4n) is 3.78. The zero-order chi connectivity index (χ0) is 19.7. The summed E-state index contributed by atoms with van der Waals surface area (Å²) >= 11 is 0. The third-order valence-electron chi connectivity index (χ3n) is 5.46. The van der Waals surface area contributed by atoms with Crippen LogP contribution in [0.15, 0.2) is 48.5 Å². The zero-order valence-corrected chi connectivity index (χ0v) is 15.9. The van der Waals surface area contributed by atoms with Crippen LogP contribution in [-0.4, -0.2) is 60.2 Å². The number of piperazine rings is 1. The Morgan fingerprint density at radius 3 is 2.00 bits per heavy atom. The number of fused-ring (bicyclic) bond motifs is 1. The third-order valence-corrected chi connectivity index (χ3v) is 5.46. The maximum absolute atomic E-state index is 12.6. The number of rotatable bonds is 4. The van der Waals surface area contributed by atoms with Crippen molar-refractivity contribution in [3.63, 3.8) is 0 Å². The molecule has 0 saturated carbocycles. The van der Waals surface area contributed by atoms with Gasteiger partial charge in [-0.05, 0) is 31.2 Å². The highest BCUT2D eigenvalue weighted by Crippen LogP contribution is 2.23. The van der Waals surface area contributed by atoms with Gasteiger partial charge in [-0.15, -0.1) is 0 Å². The van der Waals surface area contributed by atoms with Crippen LogP contribution in [0.3, 0.4) is 0 Å². The van der Waals surface area contributed by atoms with Gasteiger partial charge in [0.2, 0.25) is 5.91 Å². The molecule has 2 heterocycles. The number of hydrogen-bond donors (Lipinski definition) is 0. The van der Waals surface area contributed by atoms with E-state index >= 15 is 0 Å². The summed E-state index contributed by atoms with van der Waals surface area (Å²) in [5, 5.41) is 0. The van der Waals surface area contributed by atoms with Crippen molar-refractivity contribution < 1.29 is 14.4 Å². The number of imide groups is 1. The highest BCUT2D eigenvalue weighted by atomic mass is 16.2. The summed E-state index contributed by atoms with van der Waals surface area (Å²) in [6.45, 7) is 5.05. The van der Waals surface area contributed by atoms with Crippen LogP contribution in [0.4, 0.5) is 5.69 Å². The Balaban J connectivity index is 1.30. The number of nitrogens with zero attached hydrogens (tertiary/aromatic N) is 3. The van der Waals surface area contributed by atoms with Crippen molar-refractivity contribution >= 4 is 23.4 Å². The molecule has 0 aromatic heterocycles. The number of hydrogen-bond acceptors (Lipinski definition) is 4. The monoisotopic (exact) mass is 377 g/mol. The van der Waals surface area contributed by atoms with Crippen LogP contribution < -0.4 is 4.90 Å². The number of anilines is 1. The van der Waals surface area contributed by atoms with E-state index in [4.69, 9.17) is 0 Å². The molecule has 1 saturated heterocycles. The van der Waals surface area contributed by atoms with Crippen molar-refractivity contribution in [3.05, 3.63) is 65.2 Å². The molecule has 28 heavy (non-hydrogen) atoms. The molecule has 6 nitrogen and oxygen atoms in total. The quantitative estimate of drug-likeness (QED) is 0.768. The van der Waals surface area contributed by atoms with Crippen LogP contribution in [-0.2, 0) is 4.79 Å². The average Bonchev–Trinajstić information content (AvgIpc) is 2.97. The van der Waals surface area contributed by atoms with Gasteiger partial charge in [0, 0.05) is 44.8 Å². The summed E-state index contributed by atoms with van der Waals surface area (Å²) in [7, 11) is 0. The van der Waals surface area contributed by atoms with Crippen molar-refractivity contribution in [1.82, 2.24) is 9.80 Å². The summed E-state index contributed by atoms with van der Waals surface area (Å²) in [5.41, 5.74) is 3.24. The lowest BCUT2D eigenvalue weighted by Crippen LogP contribution is -2.49. The van der Waals surface area contributed by atoms with Gasteiger partial charge >= 0.3 is 0 Å². The first kappa shape index (κ1) is 18.2. The molecule has 0 bridgehead atoms. The first-order chi connectivity index (χ1) is 13.5. The smallest absolute Gasteiger partial charge is 0.261 e. The van der Waals surface area contributed by atoms with E-state index in [1.54, 1.807) is 24.3 Å². The van der Waals surface area contributed by atoms with Crippen molar-refractivity contribution in [2.24, 2.45) is 0 Å². The Labute approximate surface area is 164 Å². The third kappa shape index (κ3) is 3.38. The van der Waals surface area contributed by atoms with Gasteiger partial charge in [-0.25, -0.2) is 0 Å². The minimum Gasteiger partial charge on any atom is -0.368 e. The second-order valence-electron chi connectivity index (χ2n) is 7.26. The van der Waals surface area contributed by atoms with E-state index < -0.39 is 0 Å². The Bertz CT molecular complexity index is 880. The predicted molar refractivity (Wildman–Crippen MR) is 106 cm³/mol. The minimum absolute atomic E-state index is 0.0138. The van der Waals surface area contributed by atoms with Crippen LogP contribution in [0.1, 0.15) is 32.7 Å². The summed E-state index contributed by atoms with van der Waals surface area (Å²) in [6.07, 6.45) is 0.163. The molecule has 0 N–H and O–H groups in total. The molecule has 0 radical (unpaired) electrons. The summed E-state index contributed by atoms with van der Waals surface area (Å²) in [6, 6.07) is 15.2. The average molecular weight is 377 g/mol. The fraction of sp³-hybridized carbons (Fsp3) is 0.318. The summed E-state index contributed by atoms with van der Waals surface area (Å²) < 4.78 is 0. The van der Waals surface area contributed by atoms with E-state index in [2.05, 4.69) is 36.1 Å². The molecule has 2 aliphatic heterocycles. The molecule has 1 fully saturated rings. The Kier molecular flexibility index (Phi) is 4.86. The van der Waals surface area contributed by atoms with Crippen molar-refractivity contribution in [3.8, 4) is 0 Å². The SMILES string of the molecule is Cc1ccc(N2CCN(C(=O)CCN3C(=O)c4ccccc4C3=O)CC2)cc1. The van der Waals surface area contributed by atoms with E-state index in [0.29, 0.717) is 24.2 Å². The molecule has 6 heteroatoms. The molecule has 2 aliphatic rings. The van der Waals surface area contributed by atoms with E-state index in [9.17, 15) is 14.4 Å². The topological polar surface area (TPSA) is 60.9 Å². The normalized spacial score (nSPS) is 16.5. The zero-order valence-electron chi connectivity index (χ0n) is 15.9. The predicted octanol–water partition coefficient (Wildman–Crippen LogP) is 2.33. The molecule has 0 atom stereocenters. The maximum Gasteiger partial charge on any atom is 0.261 e. The van der Waals surface area contributed by atoms with Gasteiger partial charge in [0.25, 0.3) is 11.8 Å². The van der Waals surface area contributed by atoms with Gasteiger partial charge in [-0.3, -0.25) is 19.3 Å². The standard InChI is InChI=1S/C22H23N3O3/c1-16-6-8-17(9-7-16)23-12-14-24(15-13-23)20(26)10-11-25-21(27)18-4-2-3-5-19(18)22(25)28/h2-9H,10-15H2,1H3. The lowest BCUT2D eigenvalue weighted by Gasteiger charge is -2.36. The van der Waals surface area contributed by atoms with Crippen molar-refractivity contribution in [1.29, 1.82) is 0 Å². The largest absolute Gasteiger partial charge is 0.368 e. The van der Waals surface area contributed by atoms with Gasteiger partial charge in [-0.1, -0.05) is 29.8 Å². The van der Waals surface area contributed by atoms with Crippen LogP contribution >= 0.6 is 0 Å². The molecule has 0 unspecified atom stereocenters. The molecule has 4 rings (SSSR count). The molecular formula is C22H23N3O3. The maximum atomic E-state index is 12.6. The van der Waals surface area contributed by atoms with E-state index in [-0.39, 0.29) is 30.7 Å². The van der Waals surface area contributed by atoms with Gasteiger partial charge in [0.15, 0.2) is 0 Å². The van der Waals surface area contributed by atoms with Crippen LogP contribution in [0.25, 0.3) is 0 Å². The van der Waals surface area contributed by atoms with E-state index in [1.807, 2.05) is 4.90 Å². The first-order valence-electron chi connectivity index (χ1n) is 9.59. The Hall–Kier alpha value is -3.15. The van der Waals surface area contributed by atoms with E-state index in [0.717, 1.165) is 13.1 Å². The lowest BCUT2D eigenvalue weighted by molar-refractivity contribution is -0.131. The highest BCUT2D eigenvalue weighted by molar-refractivity contribution is 6.21. The number of amides is 3. The lowest BCUT2D eigenvalue weighted by atomic mass is 10.1. The second kappa shape index (κ2) is 7.46. The molecule has 0 aliphatic carbocycles. The highest BCUT2D eigenvalue weighted by Gasteiger charge is 2.35. The van der Waals surface area contributed by atoms with Gasteiger partial charge < -0.3 is 9.80 Å². The van der Waals surface area contributed by atoms with Crippen molar-refractivity contribution in [2.75, 3.05) is 37.6 Å². The Morgan fingerprint density at radius 1 is 0.857 bits per heavy atom. The number of carbonyl (C=O) groups is 3. The summed E-state index contributed by atoms with van der Waals surface area (Å²) in [4.78, 5) is 42.7. The number of carbonyl (C=O) groups excluding carboxylic acids is 3. The van der Waals surface area contributed by atoms with Crippen LogP contribution in [0, 0.1) is 6.92 Å². The number of benzene rings is 2. The molecule has 2 aromatic rings. The minimum atomic E-state index is -0.308. The molecular weight excluding hydrogens is 354 g/mol. The first-order valence-corrected chi connectivity index (χ1v) is 9.59. The second-order valence-corrected chi connectivity index (χ2v) is 7.26. The van der Waals surface area contributed by atoms with Gasteiger partial charge in [-0.2, -0.15) is 0 Å². The summed E-state index contributed by atoms with van der Waals surface area (Å²) in [5.74, 6) is -0.629.